The fourth-order valence-electron chi connectivity index (χ4n) is 3.90. The van der Waals surface area contributed by atoms with E-state index in [1.807, 2.05) is 75.4 Å². The molecule has 0 aliphatic rings. The van der Waals surface area contributed by atoms with Crippen LogP contribution in [0.15, 0.2) is 72.8 Å². The molecular formula is C30H34Cl2N2O3S. The van der Waals surface area contributed by atoms with Gasteiger partial charge in [0.1, 0.15) is 11.8 Å². The minimum absolute atomic E-state index is 0.139. The number of nitrogens with zero attached hydrogens (tertiary/aromatic N) is 1. The molecule has 0 spiro atoms. The highest BCUT2D eigenvalue weighted by atomic mass is 35.5. The maximum Gasteiger partial charge on any atom is 0.243 e. The topological polar surface area (TPSA) is 58.6 Å². The second kappa shape index (κ2) is 13.9. The molecule has 3 aromatic rings. The van der Waals surface area contributed by atoms with Crippen LogP contribution in [0.2, 0.25) is 10.0 Å². The van der Waals surface area contributed by atoms with Gasteiger partial charge in [-0.25, -0.2) is 0 Å². The molecule has 0 radical (unpaired) electrons. The van der Waals surface area contributed by atoms with E-state index < -0.39 is 11.6 Å². The van der Waals surface area contributed by atoms with Crippen molar-refractivity contribution in [3.63, 3.8) is 0 Å². The number of benzene rings is 3. The molecule has 0 saturated heterocycles. The molecule has 0 aromatic heterocycles. The summed E-state index contributed by atoms with van der Waals surface area (Å²) in [4.78, 5) is 29.0. The Morgan fingerprint density at radius 1 is 0.974 bits per heavy atom. The lowest BCUT2D eigenvalue weighted by molar-refractivity contribution is -0.140. The average Bonchev–Trinajstić information content (AvgIpc) is 2.87. The maximum absolute atomic E-state index is 13.8. The molecule has 38 heavy (non-hydrogen) atoms. The van der Waals surface area contributed by atoms with Gasteiger partial charge in [-0.1, -0.05) is 71.7 Å². The van der Waals surface area contributed by atoms with Crippen LogP contribution in [0.5, 0.6) is 5.75 Å². The summed E-state index contributed by atoms with van der Waals surface area (Å²) in [6.07, 6.45) is 0.378. The van der Waals surface area contributed by atoms with E-state index in [0.717, 1.165) is 22.4 Å². The Balaban J connectivity index is 1.88. The van der Waals surface area contributed by atoms with E-state index >= 15 is 0 Å². The molecular weight excluding hydrogens is 539 g/mol. The van der Waals surface area contributed by atoms with E-state index in [2.05, 4.69) is 5.32 Å². The molecule has 3 rings (SSSR count). The summed E-state index contributed by atoms with van der Waals surface area (Å²) in [7, 11) is 1.63. The summed E-state index contributed by atoms with van der Waals surface area (Å²) < 4.78 is 5.22. The average molecular weight is 574 g/mol. The molecule has 1 N–H and O–H groups in total. The van der Waals surface area contributed by atoms with Gasteiger partial charge in [0.25, 0.3) is 0 Å². The van der Waals surface area contributed by atoms with Crippen molar-refractivity contribution in [1.82, 2.24) is 10.2 Å². The van der Waals surface area contributed by atoms with Crippen LogP contribution in [0.25, 0.3) is 0 Å². The number of nitrogens with one attached hydrogen (secondary N) is 1. The summed E-state index contributed by atoms with van der Waals surface area (Å²) in [6, 6.07) is 22.0. The van der Waals surface area contributed by atoms with E-state index in [1.54, 1.807) is 30.2 Å². The van der Waals surface area contributed by atoms with Crippen molar-refractivity contribution in [3.05, 3.63) is 99.5 Å². The molecule has 5 nitrogen and oxygen atoms in total. The minimum Gasteiger partial charge on any atom is -0.497 e. The lowest BCUT2D eigenvalue weighted by atomic mass is 10.0. The number of carbonyl (C=O) groups is 2. The van der Waals surface area contributed by atoms with E-state index in [-0.39, 0.29) is 24.1 Å². The Bertz CT molecular complexity index is 1210. The van der Waals surface area contributed by atoms with Crippen molar-refractivity contribution in [2.75, 3.05) is 12.9 Å². The first-order chi connectivity index (χ1) is 18.1. The van der Waals surface area contributed by atoms with E-state index in [0.29, 0.717) is 22.2 Å². The Labute approximate surface area is 239 Å². The highest BCUT2D eigenvalue weighted by Gasteiger charge is 2.32. The summed E-state index contributed by atoms with van der Waals surface area (Å²) in [5.41, 5.74) is 2.32. The van der Waals surface area contributed by atoms with Crippen LogP contribution < -0.4 is 10.1 Å². The molecule has 1 atom stereocenters. The number of methoxy groups -OCH3 is 1. The van der Waals surface area contributed by atoms with Crippen molar-refractivity contribution >= 4 is 46.8 Å². The minimum atomic E-state index is -0.725. The Morgan fingerprint density at radius 2 is 1.66 bits per heavy atom. The maximum atomic E-state index is 13.8. The molecule has 0 saturated carbocycles. The molecule has 0 heterocycles. The second-order valence-corrected chi connectivity index (χ2v) is 11.9. The van der Waals surface area contributed by atoms with Gasteiger partial charge in [-0.15, -0.1) is 11.8 Å². The largest absolute Gasteiger partial charge is 0.497 e. The molecule has 3 aromatic carbocycles. The first kappa shape index (κ1) is 29.9. The number of hydrogen-bond donors (Lipinski definition) is 1. The van der Waals surface area contributed by atoms with Crippen LogP contribution in [0.3, 0.4) is 0 Å². The Kier molecular flexibility index (Phi) is 11.0. The van der Waals surface area contributed by atoms with Gasteiger partial charge in [0.15, 0.2) is 0 Å². The predicted molar refractivity (Wildman–Crippen MR) is 158 cm³/mol. The molecule has 2 amide bonds. The van der Waals surface area contributed by atoms with Gasteiger partial charge >= 0.3 is 0 Å². The normalized spacial score (nSPS) is 12.1. The lowest BCUT2D eigenvalue weighted by Gasteiger charge is -2.34. The Hall–Kier alpha value is -2.67. The summed E-state index contributed by atoms with van der Waals surface area (Å²) >= 11 is 14.1. The first-order valence-corrected chi connectivity index (χ1v) is 14.3. The number of carbonyl (C=O) groups excluding carboxylic acids is 2. The highest BCUT2D eigenvalue weighted by Crippen LogP contribution is 2.25. The highest BCUT2D eigenvalue weighted by molar-refractivity contribution is 7.99. The van der Waals surface area contributed by atoms with Crippen molar-refractivity contribution in [2.45, 2.75) is 51.1 Å². The summed E-state index contributed by atoms with van der Waals surface area (Å²) in [6.45, 7) is 5.97. The third-order valence-corrected chi connectivity index (χ3v) is 7.35. The number of halogens is 2. The third-order valence-electron chi connectivity index (χ3n) is 5.78. The van der Waals surface area contributed by atoms with Crippen molar-refractivity contribution in [3.8, 4) is 5.75 Å². The van der Waals surface area contributed by atoms with E-state index in [9.17, 15) is 9.59 Å². The van der Waals surface area contributed by atoms with Crippen LogP contribution in [0.1, 0.15) is 37.5 Å². The van der Waals surface area contributed by atoms with E-state index in [4.69, 9.17) is 27.9 Å². The van der Waals surface area contributed by atoms with Crippen molar-refractivity contribution < 1.29 is 14.3 Å². The van der Waals surface area contributed by atoms with Gasteiger partial charge in [0.05, 0.1) is 12.9 Å². The smallest absolute Gasteiger partial charge is 0.243 e. The predicted octanol–water partition coefficient (Wildman–Crippen LogP) is 6.79. The van der Waals surface area contributed by atoms with Gasteiger partial charge in [0.2, 0.25) is 11.8 Å². The fourth-order valence-corrected chi connectivity index (χ4v) is 5.24. The van der Waals surface area contributed by atoms with Gasteiger partial charge in [-0.3, -0.25) is 9.59 Å². The SMILES string of the molecule is COc1ccc(CSCC(=O)N(Cc2ccc(Cl)cc2Cl)[C@H](Cc2ccccc2)C(=O)NC(C)(C)C)cc1. The monoisotopic (exact) mass is 572 g/mol. The Morgan fingerprint density at radius 3 is 2.26 bits per heavy atom. The number of ether oxygens (including phenoxy) is 1. The number of amides is 2. The van der Waals surface area contributed by atoms with Crippen LogP contribution in [-0.4, -0.2) is 41.2 Å². The summed E-state index contributed by atoms with van der Waals surface area (Å²) in [5.74, 6) is 1.31. The van der Waals surface area contributed by atoms with Gasteiger partial charge in [-0.2, -0.15) is 0 Å². The molecule has 0 unspecified atom stereocenters. The first-order valence-electron chi connectivity index (χ1n) is 12.4. The van der Waals surface area contributed by atoms with Gasteiger partial charge in [0, 0.05) is 34.3 Å². The van der Waals surface area contributed by atoms with Crippen LogP contribution in [-0.2, 0) is 28.3 Å². The number of rotatable bonds is 11. The van der Waals surface area contributed by atoms with Crippen LogP contribution in [0, 0.1) is 0 Å². The molecule has 202 valence electrons. The van der Waals surface area contributed by atoms with Crippen molar-refractivity contribution in [2.24, 2.45) is 0 Å². The summed E-state index contributed by atoms with van der Waals surface area (Å²) in [5, 5.41) is 4.04. The third kappa shape index (κ3) is 9.26. The molecule has 0 fully saturated rings. The molecule has 0 bridgehead atoms. The zero-order valence-corrected chi connectivity index (χ0v) is 24.5. The fraction of sp³-hybridized carbons (Fsp3) is 0.333. The second-order valence-electron chi connectivity index (χ2n) is 10.0. The number of thioether (sulfide) groups is 1. The van der Waals surface area contributed by atoms with Gasteiger partial charge < -0.3 is 15.0 Å². The molecule has 0 aliphatic heterocycles. The lowest BCUT2D eigenvalue weighted by Crippen LogP contribution is -2.54. The van der Waals surface area contributed by atoms with Crippen molar-refractivity contribution in [1.29, 1.82) is 0 Å². The molecule has 0 aliphatic carbocycles. The standard InChI is InChI=1S/C30H34Cl2N2O3S/c1-30(2,3)33-29(36)27(16-21-8-6-5-7-9-21)34(18-23-12-13-24(31)17-26(23)32)28(35)20-38-19-22-10-14-25(37-4)15-11-22/h5-15,17,27H,16,18-20H2,1-4H3,(H,33,36)/t27-/m1/s1. The van der Waals surface area contributed by atoms with Gasteiger partial charge in [-0.05, 0) is 61.7 Å². The quantitative estimate of drug-likeness (QED) is 0.275. The molecule has 8 heteroatoms. The zero-order valence-electron chi connectivity index (χ0n) is 22.2. The van der Waals surface area contributed by atoms with Crippen LogP contribution >= 0.6 is 35.0 Å². The van der Waals surface area contributed by atoms with E-state index in [1.165, 1.54) is 11.8 Å². The number of hydrogen-bond acceptors (Lipinski definition) is 4. The zero-order chi connectivity index (χ0) is 27.7. The van der Waals surface area contributed by atoms with Crippen LogP contribution in [0.4, 0.5) is 0 Å².